The SMILES string of the molecule is Cc1cc(C(F)F)n2ncc(C(=O)Nc3c(C)noc3C)c2n1. The Balaban J connectivity index is 2.05. The number of halogens is 2. The van der Waals surface area contributed by atoms with Crippen molar-refractivity contribution in [3.05, 3.63) is 40.7 Å². The number of carbonyl (C=O) groups is 1. The van der Waals surface area contributed by atoms with Crippen LogP contribution in [0.3, 0.4) is 0 Å². The third-order valence-electron chi connectivity index (χ3n) is 3.37. The molecule has 1 amide bonds. The molecule has 0 aliphatic heterocycles. The van der Waals surface area contributed by atoms with Crippen molar-refractivity contribution in [1.29, 1.82) is 0 Å². The maximum absolute atomic E-state index is 13.1. The average Bonchev–Trinajstić information content (AvgIpc) is 3.04. The van der Waals surface area contributed by atoms with E-state index in [1.54, 1.807) is 20.8 Å². The van der Waals surface area contributed by atoms with Gasteiger partial charge in [-0.1, -0.05) is 5.16 Å². The summed E-state index contributed by atoms with van der Waals surface area (Å²) >= 11 is 0. The van der Waals surface area contributed by atoms with Gasteiger partial charge in [0.05, 0.1) is 6.20 Å². The van der Waals surface area contributed by atoms with Gasteiger partial charge in [-0.15, -0.1) is 0 Å². The van der Waals surface area contributed by atoms with Gasteiger partial charge >= 0.3 is 0 Å². The van der Waals surface area contributed by atoms with Crippen molar-refractivity contribution in [1.82, 2.24) is 19.8 Å². The average molecular weight is 321 g/mol. The smallest absolute Gasteiger partial charge is 0.280 e. The van der Waals surface area contributed by atoms with Crippen LogP contribution in [-0.4, -0.2) is 25.7 Å². The van der Waals surface area contributed by atoms with E-state index in [9.17, 15) is 13.6 Å². The molecule has 0 fully saturated rings. The molecule has 0 aromatic carbocycles. The van der Waals surface area contributed by atoms with Crippen LogP contribution in [0.5, 0.6) is 0 Å². The van der Waals surface area contributed by atoms with Crippen molar-refractivity contribution < 1.29 is 18.1 Å². The van der Waals surface area contributed by atoms with E-state index < -0.39 is 12.3 Å². The van der Waals surface area contributed by atoms with Gasteiger partial charge in [0.1, 0.15) is 22.6 Å². The Hall–Kier alpha value is -2.84. The zero-order valence-corrected chi connectivity index (χ0v) is 12.6. The second kappa shape index (κ2) is 5.41. The highest BCUT2D eigenvalue weighted by Crippen LogP contribution is 2.23. The number of carbonyl (C=O) groups excluding carboxylic acids is 1. The summed E-state index contributed by atoms with van der Waals surface area (Å²) in [5.74, 6) is -0.0718. The highest BCUT2D eigenvalue weighted by molar-refractivity contribution is 6.08. The number of nitrogens with one attached hydrogen (secondary N) is 1. The molecule has 23 heavy (non-hydrogen) atoms. The molecule has 0 radical (unpaired) electrons. The molecule has 0 atom stereocenters. The first-order valence-corrected chi connectivity index (χ1v) is 6.76. The zero-order chi connectivity index (χ0) is 16.7. The van der Waals surface area contributed by atoms with Crippen LogP contribution >= 0.6 is 0 Å². The van der Waals surface area contributed by atoms with E-state index >= 15 is 0 Å². The van der Waals surface area contributed by atoms with Gasteiger partial charge in [-0.05, 0) is 26.8 Å². The van der Waals surface area contributed by atoms with Crippen molar-refractivity contribution in [3.63, 3.8) is 0 Å². The molecule has 3 rings (SSSR count). The first-order valence-electron chi connectivity index (χ1n) is 6.76. The molecular weight excluding hydrogens is 308 g/mol. The predicted molar refractivity (Wildman–Crippen MR) is 76.6 cm³/mol. The number of hydrogen-bond acceptors (Lipinski definition) is 5. The summed E-state index contributed by atoms with van der Waals surface area (Å²) in [6.07, 6.45) is -1.51. The fourth-order valence-electron chi connectivity index (χ4n) is 2.27. The van der Waals surface area contributed by atoms with Gasteiger partial charge in [0.25, 0.3) is 12.3 Å². The van der Waals surface area contributed by atoms with Gasteiger partial charge in [-0.25, -0.2) is 18.3 Å². The quantitative estimate of drug-likeness (QED) is 0.802. The minimum atomic E-state index is -2.72. The van der Waals surface area contributed by atoms with Crippen molar-refractivity contribution in [2.75, 3.05) is 5.32 Å². The van der Waals surface area contributed by atoms with Crippen LogP contribution in [-0.2, 0) is 0 Å². The second-order valence-corrected chi connectivity index (χ2v) is 5.07. The third kappa shape index (κ3) is 2.54. The third-order valence-corrected chi connectivity index (χ3v) is 3.37. The molecule has 0 aliphatic rings. The Kier molecular flexibility index (Phi) is 3.55. The monoisotopic (exact) mass is 321 g/mol. The van der Waals surface area contributed by atoms with Crippen molar-refractivity contribution in [2.45, 2.75) is 27.2 Å². The van der Waals surface area contributed by atoms with E-state index in [0.29, 0.717) is 22.8 Å². The molecule has 0 bridgehead atoms. The number of fused-ring (bicyclic) bond motifs is 1. The molecule has 3 aromatic heterocycles. The molecule has 0 aliphatic carbocycles. The number of alkyl halides is 2. The predicted octanol–water partition coefficient (Wildman–Crippen LogP) is 2.83. The molecule has 0 unspecified atom stereocenters. The van der Waals surface area contributed by atoms with E-state index in [2.05, 4.69) is 20.6 Å². The maximum atomic E-state index is 13.1. The van der Waals surface area contributed by atoms with Crippen molar-refractivity contribution in [2.24, 2.45) is 0 Å². The highest BCUT2D eigenvalue weighted by atomic mass is 19.3. The molecule has 1 N–H and O–H groups in total. The molecule has 9 heteroatoms. The van der Waals surface area contributed by atoms with E-state index in [1.807, 2.05) is 0 Å². The number of anilines is 1. The minimum Gasteiger partial charge on any atom is -0.359 e. The Morgan fingerprint density at radius 3 is 2.70 bits per heavy atom. The largest absolute Gasteiger partial charge is 0.359 e. The number of hydrogen-bond donors (Lipinski definition) is 1. The zero-order valence-electron chi connectivity index (χ0n) is 12.6. The second-order valence-electron chi connectivity index (χ2n) is 5.07. The highest BCUT2D eigenvalue weighted by Gasteiger charge is 2.21. The van der Waals surface area contributed by atoms with Crippen LogP contribution in [0, 0.1) is 20.8 Å². The lowest BCUT2D eigenvalue weighted by Crippen LogP contribution is -2.13. The first-order chi connectivity index (χ1) is 10.9. The lowest BCUT2D eigenvalue weighted by molar-refractivity contribution is 0.102. The first kappa shape index (κ1) is 15.1. The van der Waals surface area contributed by atoms with Gasteiger partial charge < -0.3 is 9.84 Å². The summed E-state index contributed by atoms with van der Waals surface area (Å²) in [5, 5.41) is 10.2. The van der Waals surface area contributed by atoms with Crippen LogP contribution in [0.15, 0.2) is 16.8 Å². The molecule has 120 valence electrons. The molecule has 0 saturated heterocycles. The molecular formula is C14H13F2N5O2. The summed E-state index contributed by atoms with van der Waals surface area (Å²) in [6.45, 7) is 4.91. The Labute approximate surface area is 129 Å². The van der Waals surface area contributed by atoms with Gasteiger partial charge in [0.15, 0.2) is 11.4 Å². The summed E-state index contributed by atoms with van der Waals surface area (Å²) < 4.78 is 32.1. The number of amides is 1. The topological polar surface area (TPSA) is 85.3 Å². The summed E-state index contributed by atoms with van der Waals surface area (Å²) in [4.78, 5) is 16.6. The lowest BCUT2D eigenvalue weighted by atomic mass is 10.2. The fourth-order valence-corrected chi connectivity index (χ4v) is 2.27. The minimum absolute atomic E-state index is 0.0737. The van der Waals surface area contributed by atoms with E-state index in [1.165, 1.54) is 12.3 Å². The van der Waals surface area contributed by atoms with E-state index in [-0.39, 0.29) is 16.9 Å². The van der Waals surface area contributed by atoms with Gasteiger partial charge in [0, 0.05) is 5.69 Å². The molecule has 3 heterocycles. The summed E-state index contributed by atoms with van der Waals surface area (Å²) in [5.41, 5.74) is 1.18. The number of rotatable bonds is 3. The number of nitrogens with zero attached hydrogens (tertiary/aromatic N) is 4. The number of aryl methyl sites for hydroxylation is 3. The summed E-state index contributed by atoms with van der Waals surface area (Å²) in [6, 6.07) is 1.24. The van der Waals surface area contributed by atoms with Crippen molar-refractivity contribution in [3.8, 4) is 0 Å². The van der Waals surface area contributed by atoms with Crippen molar-refractivity contribution >= 4 is 17.2 Å². The summed E-state index contributed by atoms with van der Waals surface area (Å²) in [7, 11) is 0. The van der Waals surface area contributed by atoms with Crippen LogP contribution in [0.25, 0.3) is 5.65 Å². The van der Waals surface area contributed by atoms with Gasteiger partial charge in [0.2, 0.25) is 0 Å². The molecule has 0 spiro atoms. The Morgan fingerprint density at radius 1 is 1.35 bits per heavy atom. The normalized spacial score (nSPS) is 11.4. The van der Waals surface area contributed by atoms with Crippen LogP contribution in [0.4, 0.5) is 14.5 Å². The van der Waals surface area contributed by atoms with Gasteiger partial charge in [-0.3, -0.25) is 4.79 Å². The van der Waals surface area contributed by atoms with Gasteiger partial charge in [-0.2, -0.15) is 5.10 Å². The number of aromatic nitrogens is 4. The Morgan fingerprint density at radius 2 is 2.09 bits per heavy atom. The van der Waals surface area contributed by atoms with Crippen LogP contribution in [0.1, 0.15) is 39.6 Å². The standard InChI is InChI=1S/C14H13F2N5O2/c1-6-4-10(12(15)16)21-13(18-6)9(5-17-21)14(22)19-11-7(2)20-23-8(11)3/h4-5,12H,1-3H3,(H,19,22). The van der Waals surface area contributed by atoms with Crippen LogP contribution in [0.2, 0.25) is 0 Å². The maximum Gasteiger partial charge on any atom is 0.280 e. The molecule has 3 aromatic rings. The van der Waals surface area contributed by atoms with Crippen LogP contribution < -0.4 is 5.32 Å². The Bertz CT molecular complexity index is 881. The molecule has 7 nitrogen and oxygen atoms in total. The fraction of sp³-hybridized carbons (Fsp3) is 0.286. The molecule has 0 saturated carbocycles. The van der Waals surface area contributed by atoms with E-state index in [0.717, 1.165) is 4.52 Å². The van der Waals surface area contributed by atoms with E-state index in [4.69, 9.17) is 4.52 Å². The lowest BCUT2D eigenvalue weighted by Gasteiger charge is -2.06.